The van der Waals surface area contributed by atoms with E-state index in [1.165, 1.54) is 0 Å². The molecule has 0 saturated heterocycles. The van der Waals surface area contributed by atoms with Gasteiger partial charge in [0.25, 0.3) is 0 Å². The first-order valence-corrected chi connectivity index (χ1v) is 4.38. The maximum atomic E-state index is 10.0. The van der Waals surface area contributed by atoms with Gasteiger partial charge in [0.2, 0.25) is 0 Å². The molecule has 3 heteroatoms. The van der Waals surface area contributed by atoms with Gasteiger partial charge in [0.05, 0.1) is 6.61 Å². The Bertz CT molecular complexity index is 94.5. The largest absolute Gasteiger partial charge is 0.370 e. The Kier molecular flexibility index (Phi) is 12.5. The van der Waals surface area contributed by atoms with E-state index in [0.717, 1.165) is 12.8 Å². The summed E-state index contributed by atoms with van der Waals surface area (Å²) in [7, 11) is 3.93. The molecule has 0 aromatic heterocycles. The van der Waals surface area contributed by atoms with Crippen molar-refractivity contribution < 1.29 is 9.53 Å². The van der Waals surface area contributed by atoms with Crippen LogP contribution < -0.4 is 0 Å². The van der Waals surface area contributed by atoms with Gasteiger partial charge >= 0.3 is 0 Å². The van der Waals surface area contributed by atoms with E-state index in [1.54, 1.807) is 6.92 Å². The molecule has 0 N–H and O–H groups in total. The van der Waals surface area contributed by atoms with E-state index in [0.29, 0.717) is 6.61 Å². The SMILES string of the molecule is CC.CC(C=O)OCCN(C)C. The third kappa shape index (κ3) is 12.3. The Hall–Kier alpha value is -0.410. The van der Waals surface area contributed by atoms with Crippen LogP contribution in [-0.2, 0) is 9.53 Å². The van der Waals surface area contributed by atoms with Gasteiger partial charge in [0.1, 0.15) is 12.4 Å². The van der Waals surface area contributed by atoms with Gasteiger partial charge in [0, 0.05) is 6.54 Å². The molecule has 12 heavy (non-hydrogen) atoms. The molecule has 0 heterocycles. The van der Waals surface area contributed by atoms with E-state index in [2.05, 4.69) is 0 Å². The summed E-state index contributed by atoms with van der Waals surface area (Å²) in [5.41, 5.74) is 0. The van der Waals surface area contributed by atoms with Crippen molar-refractivity contribution in [2.24, 2.45) is 0 Å². The molecule has 1 unspecified atom stereocenters. The van der Waals surface area contributed by atoms with Crippen molar-refractivity contribution >= 4 is 6.29 Å². The van der Waals surface area contributed by atoms with Crippen LogP contribution in [0, 0.1) is 0 Å². The summed E-state index contributed by atoms with van der Waals surface area (Å²) in [5.74, 6) is 0. The van der Waals surface area contributed by atoms with E-state index in [-0.39, 0.29) is 6.10 Å². The molecule has 0 aliphatic heterocycles. The Morgan fingerprint density at radius 3 is 2.25 bits per heavy atom. The van der Waals surface area contributed by atoms with Crippen LogP contribution in [0.15, 0.2) is 0 Å². The molecule has 3 nitrogen and oxygen atoms in total. The van der Waals surface area contributed by atoms with Gasteiger partial charge in [-0.1, -0.05) is 13.8 Å². The highest BCUT2D eigenvalue weighted by Gasteiger charge is 1.97. The second-order valence-electron chi connectivity index (χ2n) is 2.52. The van der Waals surface area contributed by atoms with Gasteiger partial charge in [-0.15, -0.1) is 0 Å². The van der Waals surface area contributed by atoms with Crippen molar-refractivity contribution in [3.63, 3.8) is 0 Å². The number of ether oxygens (including phenoxy) is 1. The van der Waals surface area contributed by atoms with Crippen molar-refractivity contribution in [2.45, 2.75) is 26.9 Å². The molecule has 0 bridgehead atoms. The lowest BCUT2D eigenvalue weighted by Crippen LogP contribution is -2.21. The molecule has 0 aliphatic rings. The van der Waals surface area contributed by atoms with E-state index < -0.39 is 0 Å². The predicted octanol–water partition coefficient (Wildman–Crippen LogP) is 1.18. The molecule has 0 spiro atoms. The first-order valence-electron chi connectivity index (χ1n) is 4.38. The van der Waals surface area contributed by atoms with Crippen molar-refractivity contribution in [2.75, 3.05) is 27.2 Å². The summed E-state index contributed by atoms with van der Waals surface area (Å²) in [6.45, 7) is 7.22. The van der Waals surface area contributed by atoms with Crippen LogP contribution in [-0.4, -0.2) is 44.5 Å². The zero-order valence-corrected chi connectivity index (χ0v) is 8.83. The molecule has 0 aromatic carbocycles. The van der Waals surface area contributed by atoms with E-state index >= 15 is 0 Å². The highest BCUT2D eigenvalue weighted by molar-refractivity contribution is 5.55. The number of likely N-dealkylation sites (N-methyl/N-ethyl adjacent to an activating group) is 1. The van der Waals surface area contributed by atoms with Gasteiger partial charge < -0.3 is 14.4 Å². The van der Waals surface area contributed by atoms with E-state index in [9.17, 15) is 4.79 Å². The smallest absolute Gasteiger partial charge is 0.148 e. The highest BCUT2D eigenvalue weighted by Crippen LogP contribution is 1.85. The van der Waals surface area contributed by atoms with Crippen LogP contribution in [0.5, 0.6) is 0 Å². The second-order valence-corrected chi connectivity index (χ2v) is 2.52. The number of hydrogen-bond donors (Lipinski definition) is 0. The van der Waals surface area contributed by atoms with Crippen LogP contribution in [0.3, 0.4) is 0 Å². The second kappa shape index (κ2) is 10.6. The minimum absolute atomic E-state index is 0.264. The zero-order valence-electron chi connectivity index (χ0n) is 8.83. The Morgan fingerprint density at radius 2 is 1.92 bits per heavy atom. The molecular weight excluding hydrogens is 154 g/mol. The lowest BCUT2D eigenvalue weighted by Gasteiger charge is -2.10. The monoisotopic (exact) mass is 175 g/mol. The fourth-order valence-electron chi connectivity index (χ4n) is 0.460. The number of carbonyl (C=O) groups is 1. The zero-order chi connectivity index (χ0) is 9.98. The molecule has 0 amide bonds. The molecule has 1 atom stereocenters. The summed E-state index contributed by atoms with van der Waals surface area (Å²) < 4.78 is 5.09. The number of rotatable bonds is 5. The van der Waals surface area contributed by atoms with Crippen LogP contribution in [0.1, 0.15) is 20.8 Å². The summed E-state index contributed by atoms with van der Waals surface area (Å²) in [5, 5.41) is 0. The van der Waals surface area contributed by atoms with Crippen molar-refractivity contribution in [3.05, 3.63) is 0 Å². The maximum Gasteiger partial charge on any atom is 0.148 e. The molecule has 0 saturated carbocycles. The third-order valence-electron chi connectivity index (χ3n) is 1.11. The molecule has 0 rings (SSSR count). The fraction of sp³-hybridized carbons (Fsp3) is 0.889. The normalized spacial score (nSPS) is 11.8. The number of carbonyl (C=O) groups excluding carboxylic acids is 1. The number of aldehydes is 1. The average molecular weight is 175 g/mol. The fourth-order valence-corrected chi connectivity index (χ4v) is 0.460. The Morgan fingerprint density at radius 1 is 1.42 bits per heavy atom. The lowest BCUT2D eigenvalue weighted by atomic mass is 10.4. The Labute approximate surface area is 75.7 Å². The maximum absolute atomic E-state index is 10.0. The first kappa shape index (κ1) is 14.1. The highest BCUT2D eigenvalue weighted by atomic mass is 16.5. The van der Waals surface area contributed by atoms with E-state index in [1.807, 2.05) is 32.8 Å². The minimum Gasteiger partial charge on any atom is -0.370 e. The topological polar surface area (TPSA) is 29.5 Å². The molecular formula is C9H21NO2. The lowest BCUT2D eigenvalue weighted by molar-refractivity contribution is -0.117. The van der Waals surface area contributed by atoms with Gasteiger partial charge in [0.15, 0.2) is 0 Å². The third-order valence-corrected chi connectivity index (χ3v) is 1.11. The molecule has 0 aromatic rings. The van der Waals surface area contributed by atoms with Crippen molar-refractivity contribution in [3.8, 4) is 0 Å². The van der Waals surface area contributed by atoms with Crippen LogP contribution >= 0.6 is 0 Å². The molecule has 0 radical (unpaired) electrons. The summed E-state index contributed by atoms with van der Waals surface area (Å²) in [6, 6.07) is 0. The van der Waals surface area contributed by atoms with Crippen LogP contribution in [0.2, 0.25) is 0 Å². The number of nitrogens with zero attached hydrogens (tertiary/aromatic N) is 1. The molecule has 74 valence electrons. The average Bonchev–Trinajstić information content (AvgIpc) is 2.07. The van der Waals surface area contributed by atoms with E-state index in [4.69, 9.17) is 4.74 Å². The van der Waals surface area contributed by atoms with Crippen molar-refractivity contribution in [1.82, 2.24) is 4.90 Å². The molecule has 0 aliphatic carbocycles. The number of hydrogen-bond acceptors (Lipinski definition) is 3. The summed E-state index contributed by atoms with van der Waals surface area (Å²) in [4.78, 5) is 12.1. The van der Waals surface area contributed by atoms with Gasteiger partial charge in [-0.05, 0) is 21.0 Å². The van der Waals surface area contributed by atoms with Gasteiger partial charge in [-0.2, -0.15) is 0 Å². The van der Waals surface area contributed by atoms with Crippen LogP contribution in [0.25, 0.3) is 0 Å². The Balaban J connectivity index is 0. The predicted molar refractivity (Wildman–Crippen MR) is 51.4 cm³/mol. The quantitative estimate of drug-likeness (QED) is 0.588. The standard InChI is InChI=1S/C7H15NO2.C2H6/c1-7(6-9)10-5-4-8(2)3;1-2/h6-7H,4-5H2,1-3H3;1-2H3. The van der Waals surface area contributed by atoms with Gasteiger partial charge in [-0.3, -0.25) is 0 Å². The molecule has 0 fully saturated rings. The van der Waals surface area contributed by atoms with Crippen LogP contribution in [0.4, 0.5) is 0 Å². The minimum atomic E-state index is -0.264. The first-order chi connectivity index (χ1) is 5.66. The van der Waals surface area contributed by atoms with Crippen molar-refractivity contribution in [1.29, 1.82) is 0 Å². The van der Waals surface area contributed by atoms with Gasteiger partial charge in [-0.25, -0.2) is 0 Å². The summed E-state index contributed by atoms with van der Waals surface area (Å²) >= 11 is 0. The summed E-state index contributed by atoms with van der Waals surface area (Å²) in [6.07, 6.45) is 0.537.